The number of anilines is 2. The number of hydrogen-bond donors (Lipinski definition) is 1. The number of carbonyl (C=O) groups excluding carboxylic acids is 1. The predicted molar refractivity (Wildman–Crippen MR) is 98.2 cm³/mol. The van der Waals surface area contributed by atoms with Crippen LogP contribution in [0, 0.1) is 6.92 Å². The highest BCUT2D eigenvalue weighted by atomic mass is 35.5. The quantitative estimate of drug-likeness (QED) is 0.814. The van der Waals surface area contributed by atoms with Gasteiger partial charge in [-0.15, -0.1) is 0 Å². The second kappa shape index (κ2) is 7.64. The number of rotatable bonds is 2. The number of carbonyl (C=O) groups is 1. The van der Waals surface area contributed by atoms with E-state index in [0.29, 0.717) is 26.2 Å². The van der Waals surface area contributed by atoms with Gasteiger partial charge >= 0.3 is 12.2 Å². The fourth-order valence-corrected chi connectivity index (χ4v) is 3.00. The predicted octanol–water partition coefficient (Wildman–Crippen LogP) is 4.42. The Morgan fingerprint density at radius 2 is 1.85 bits per heavy atom. The van der Waals surface area contributed by atoms with Gasteiger partial charge in [-0.05, 0) is 37.3 Å². The van der Waals surface area contributed by atoms with Gasteiger partial charge in [0.25, 0.3) is 0 Å². The van der Waals surface area contributed by atoms with Gasteiger partial charge in [-0.2, -0.15) is 13.2 Å². The van der Waals surface area contributed by atoms with E-state index < -0.39 is 17.8 Å². The molecule has 27 heavy (non-hydrogen) atoms. The molecule has 1 aromatic carbocycles. The molecule has 1 aliphatic heterocycles. The van der Waals surface area contributed by atoms with Gasteiger partial charge in [0.2, 0.25) is 0 Å². The molecule has 0 spiro atoms. The molecule has 1 N–H and O–H groups in total. The Kier molecular flexibility index (Phi) is 5.46. The standard InChI is InChI=1S/C18H18ClF3N4O/c1-12-3-2-4-16(23-12)25-7-9-26(10-8-25)17(27)24-15-11-13(18(20,21)22)5-6-14(15)19/h2-6,11H,7-10H2,1H3,(H,24,27). The third kappa shape index (κ3) is 4.63. The lowest BCUT2D eigenvalue weighted by atomic mass is 10.2. The van der Waals surface area contributed by atoms with Crippen LogP contribution in [0.3, 0.4) is 0 Å². The smallest absolute Gasteiger partial charge is 0.353 e. The van der Waals surface area contributed by atoms with Crippen LogP contribution in [0.15, 0.2) is 36.4 Å². The number of nitrogens with zero attached hydrogens (tertiary/aromatic N) is 3. The molecule has 0 atom stereocenters. The van der Waals surface area contributed by atoms with E-state index in [0.717, 1.165) is 29.7 Å². The van der Waals surface area contributed by atoms with Crippen LogP contribution in [-0.2, 0) is 6.18 Å². The van der Waals surface area contributed by atoms with Crippen molar-refractivity contribution in [3.8, 4) is 0 Å². The number of amides is 2. The monoisotopic (exact) mass is 398 g/mol. The number of nitrogens with one attached hydrogen (secondary N) is 1. The van der Waals surface area contributed by atoms with Crippen LogP contribution in [0.4, 0.5) is 29.5 Å². The van der Waals surface area contributed by atoms with Gasteiger partial charge in [-0.25, -0.2) is 9.78 Å². The maximum absolute atomic E-state index is 12.8. The molecule has 9 heteroatoms. The first-order chi connectivity index (χ1) is 12.7. The molecule has 0 bridgehead atoms. The van der Waals surface area contributed by atoms with Gasteiger partial charge in [-0.1, -0.05) is 17.7 Å². The lowest BCUT2D eigenvalue weighted by Crippen LogP contribution is -2.50. The molecule has 0 saturated carbocycles. The SMILES string of the molecule is Cc1cccc(N2CCN(C(=O)Nc3cc(C(F)(F)F)ccc3Cl)CC2)n1. The maximum atomic E-state index is 12.8. The lowest BCUT2D eigenvalue weighted by molar-refractivity contribution is -0.137. The number of piperazine rings is 1. The summed E-state index contributed by atoms with van der Waals surface area (Å²) in [4.78, 5) is 20.5. The van der Waals surface area contributed by atoms with Crippen LogP contribution in [0.25, 0.3) is 0 Å². The Morgan fingerprint density at radius 1 is 1.15 bits per heavy atom. The van der Waals surface area contributed by atoms with E-state index in [-0.39, 0.29) is 10.7 Å². The highest BCUT2D eigenvalue weighted by Crippen LogP contribution is 2.34. The number of aromatic nitrogens is 1. The van der Waals surface area contributed by atoms with E-state index in [1.165, 1.54) is 0 Å². The summed E-state index contributed by atoms with van der Waals surface area (Å²) in [5.41, 5.74) is -0.0105. The molecule has 1 aromatic heterocycles. The van der Waals surface area contributed by atoms with Gasteiger partial charge in [0, 0.05) is 31.9 Å². The fourth-order valence-electron chi connectivity index (χ4n) is 2.84. The Labute approximate surface area is 159 Å². The Morgan fingerprint density at radius 3 is 2.48 bits per heavy atom. The van der Waals surface area contributed by atoms with E-state index in [1.54, 1.807) is 4.90 Å². The van der Waals surface area contributed by atoms with E-state index in [2.05, 4.69) is 15.2 Å². The van der Waals surface area contributed by atoms with Crippen molar-refractivity contribution >= 4 is 29.1 Å². The first-order valence-electron chi connectivity index (χ1n) is 8.35. The number of alkyl halides is 3. The zero-order valence-electron chi connectivity index (χ0n) is 14.6. The average Bonchev–Trinajstić information content (AvgIpc) is 2.62. The molecule has 0 unspecified atom stereocenters. The van der Waals surface area contributed by atoms with E-state index >= 15 is 0 Å². The Hall–Kier alpha value is -2.48. The highest BCUT2D eigenvalue weighted by molar-refractivity contribution is 6.33. The average molecular weight is 399 g/mol. The van der Waals surface area contributed by atoms with Crippen LogP contribution in [0.2, 0.25) is 5.02 Å². The summed E-state index contributed by atoms with van der Waals surface area (Å²) < 4.78 is 38.5. The van der Waals surface area contributed by atoms with Crippen molar-refractivity contribution in [3.63, 3.8) is 0 Å². The third-order valence-corrected chi connectivity index (χ3v) is 4.63. The number of urea groups is 1. The lowest BCUT2D eigenvalue weighted by Gasteiger charge is -2.35. The van der Waals surface area contributed by atoms with Crippen molar-refractivity contribution in [1.29, 1.82) is 0 Å². The van der Waals surface area contributed by atoms with Crippen LogP contribution in [0.1, 0.15) is 11.3 Å². The first kappa shape index (κ1) is 19.3. The largest absolute Gasteiger partial charge is 0.416 e. The molecule has 2 aromatic rings. The van der Waals surface area contributed by atoms with Crippen LogP contribution in [-0.4, -0.2) is 42.1 Å². The van der Waals surface area contributed by atoms with Crippen molar-refractivity contribution in [2.24, 2.45) is 0 Å². The van der Waals surface area contributed by atoms with Crippen molar-refractivity contribution in [2.45, 2.75) is 13.1 Å². The summed E-state index contributed by atoms with van der Waals surface area (Å²) in [6.45, 7) is 3.93. The second-order valence-electron chi connectivity index (χ2n) is 6.23. The molecule has 0 radical (unpaired) electrons. The zero-order chi connectivity index (χ0) is 19.6. The third-order valence-electron chi connectivity index (χ3n) is 4.30. The van der Waals surface area contributed by atoms with E-state index in [1.807, 2.05) is 25.1 Å². The minimum atomic E-state index is -4.50. The molecule has 1 saturated heterocycles. The summed E-state index contributed by atoms with van der Waals surface area (Å²) in [7, 11) is 0. The van der Waals surface area contributed by atoms with Gasteiger partial charge in [0.05, 0.1) is 16.3 Å². The minimum Gasteiger partial charge on any atom is -0.353 e. The molecule has 5 nitrogen and oxygen atoms in total. The molecule has 144 valence electrons. The van der Waals surface area contributed by atoms with Gasteiger partial charge in [0.1, 0.15) is 5.82 Å². The second-order valence-corrected chi connectivity index (χ2v) is 6.64. The maximum Gasteiger partial charge on any atom is 0.416 e. The van der Waals surface area contributed by atoms with Crippen molar-refractivity contribution in [2.75, 3.05) is 36.4 Å². The van der Waals surface area contributed by atoms with Gasteiger partial charge in [-0.3, -0.25) is 0 Å². The van der Waals surface area contributed by atoms with E-state index in [4.69, 9.17) is 11.6 Å². The number of pyridine rings is 1. The summed E-state index contributed by atoms with van der Waals surface area (Å²) in [5, 5.41) is 2.53. The molecule has 2 heterocycles. The normalized spacial score (nSPS) is 15.0. The molecule has 3 rings (SSSR count). The minimum absolute atomic E-state index is 0.0546. The number of benzene rings is 1. The molecular formula is C18H18ClF3N4O. The Bertz CT molecular complexity index is 836. The molecule has 2 amide bonds. The topological polar surface area (TPSA) is 48.5 Å². The summed E-state index contributed by atoms with van der Waals surface area (Å²) >= 11 is 5.93. The zero-order valence-corrected chi connectivity index (χ0v) is 15.3. The van der Waals surface area contributed by atoms with Crippen LogP contribution >= 0.6 is 11.6 Å². The Balaban J connectivity index is 1.63. The number of halogens is 4. The molecule has 0 aliphatic carbocycles. The van der Waals surface area contributed by atoms with Gasteiger partial charge < -0.3 is 15.1 Å². The first-order valence-corrected chi connectivity index (χ1v) is 8.73. The summed E-state index contributed by atoms with van der Waals surface area (Å²) in [6.07, 6.45) is -4.50. The van der Waals surface area contributed by atoms with Gasteiger partial charge in [0.15, 0.2) is 0 Å². The number of aryl methyl sites for hydroxylation is 1. The van der Waals surface area contributed by atoms with Crippen LogP contribution < -0.4 is 10.2 Å². The van der Waals surface area contributed by atoms with Crippen LogP contribution in [0.5, 0.6) is 0 Å². The van der Waals surface area contributed by atoms with Crippen molar-refractivity contribution < 1.29 is 18.0 Å². The highest BCUT2D eigenvalue weighted by Gasteiger charge is 2.31. The van der Waals surface area contributed by atoms with E-state index in [9.17, 15) is 18.0 Å². The molecular weight excluding hydrogens is 381 g/mol. The number of hydrogen-bond acceptors (Lipinski definition) is 3. The fraction of sp³-hybridized carbons (Fsp3) is 0.333. The summed E-state index contributed by atoms with van der Waals surface area (Å²) in [6, 6.07) is 8.11. The molecule has 1 aliphatic rings. The summed E-state index contributed by atoms with van der Waals surface area (Å²) in [5.74, 6) is 0.844. The van der Waals surface area contributed by atoms with Crippen molar-refractivity contribution in [1.82, 2.24) is 9.88 Å². The van der Waals surface area contributed by atoms with Crippen molar-refractivity contribution in [3.05, 3.63) is 52.7 Å². The molecule has 1 fully saturated rings.